The second-order valence-corrected chi connectivity index (χ2v) is 7.32. The second-order valence-electron chi connectivity index (χ2n) is 3.74. The molecule has 1 unspecified atom stereocenters. The van der Waals surface area contributed by atoms with Crippen LogP contribution < -0.4 is 5.32 Å². The summed E-state index contributed by atoms with van der Waals surface area (Å²) in [5, 5.41) is 5.22. The number of nitrogens with one attached hydrogen (secondary N) is 1. The van der Waals surface area contributed by atoms with E-state index in [1.165, 1.54) is 32.8 Å². The average Bonchev–Trinajstić information content (AvgIpc) is 2.74. The van der Waals surface area contributed by atoms with Gasteiger partial charge in [0.15, 0.2) is 0 Å². The van der Waals surface area contributed by atoms with Gasteiger partial charge in [0.2, 0.25) is 0 Å². The molecule has 1 N–H and O–H groups in total. The molecule has 1 saturated heterocycles. The molecule has 1 aliphatic rings. The topological polar surface area (TPSA) is 24.9 Å². The number of hydrogen-bond acceptors (Lipinski definition) is 5. The minimum atomic E-state index is 0.639. The molecule has 90 valence electrons. The largest absolute Gasteiger partial charge is 0.315 e. The van der Waals surface area contributed by atoms with E-state index in [1.54, 1.807) is 0 Å². The van der Waals surface area contributed by atoms with Crippen molar-refractivity contribution in [3.63, 3.8) is 0 Å². The van der Waals surface area contributed by atoms with E-state index >= 15 is 0 Å². The summed E-state index contributed by atoms with van der Waals surface area (Å²) >= 11 is 6.05. The van der Waals surface area contributed by atoms with E-state index in [0.29, 0.717) is 5.25 Å². The normalized spacial score (nSPS) is 21.2. The predicted molar refractivity (Wildman–Crippen MR) is 76.8 cm³/mol. The molecule has 1 aromatic heterocycles. The van der Waals surface area contributed by atoms with Gasteiger partial charge < -0.3 is 5.32 Å². The fourth-order valence-electron chi connectivity index (χ4n) is 1.75. The maximum absolute atomic E-state index is 4.82. The molecule has 0 radical (unpaired) electrons. The summed E-state index contributed by atoms with van der Waals surface area (Å²) in [4.78, 5) is 6.24. The number of aryl methyl sites for hydroxylation is 1. The van der Waals surface area contributed by atoms with Crippen LogP contribution in [0.4, 0.5) is 0 Å². The molecule has 5 heteroatoms. The summed E-state index contributed by atoms with van der Waals surface area (Å²) in [5.74, 6) is 3.81. The Kier molecular flexibility index (Phi) is 5.00. The Balaban J connectivity index is 2.14. The van der Waals surface area contributed by atoms with Gasteiger partial charge in [0.25, 0.3) is 0 Å². The van der Waals surface area contributed by atoms with Crippen LogP contribution in [0.1, 0.15) is 27.8 Å². The van der Waals surface area contributed by atoms with Crippen molar-refractivity contribution in [2.45, 2.75) is 25.1 Å². The van der Waals surface area contributed by atoms with Gasteiger partial charge in [0.1, 0.15) is 5.01 Å². The van der Waals surface area contributed by atoms with Crippen molar-refractivity contribution in [3.05, 3.63) is 15.6 Å². The lowest BCUT2D eigenvalue weighted by Gasteiger charge is -2.18. The van der Waals surface area contributed by atoms with Crippen molar-refractivity contribution in [3.8, 4) is 0 Å². The van der Waals surface area contributed by atoms with E-state index in [-0.39, 0.29) is 0 Å². The first-order valence-corrected chi connectivity index (χ1v) is 8.69. The van der Waals surface area contributed by atoms with Crippen molar-refractivity contribution in [1.82, 2.24) is 10.3 Å². The van der Waals surface area contributed by atoms with Gasteiger partial charge in [-0.3, -0.25) is 0 Å². The highest BCUT2D eigenvalue weighted by Crippen LogP contribution is 2.39. The van der Waals surface area contributed by atoms with Gasteiger partial charge in [-0.2, -0.15) is 11.8 Å². The quantitative estimate of drug-likeness (QED) is 0.912. The lowest BCUT2D eigenvalue weighted by Crippen LogP contribution is -2.06. The van der Waals surface area contributed by atoms with Crippen LogP contribution >= 0.6 is 34.9 Å². The Morgan fingerprint density at radius 2 is 2.31 bits per heavy atom. The fraction of sp³-hybridized carbons (Fsp3) is 0.727. The molecule has 1 fully saturated rings. The number of hydrogen-bond donors (Lipinski definition) is 1. The van der Waals surface area contributed by atoms with E-state index in [1.807, 2.05) is 18.4 Å². The third-order valence-electron chi connectivity index (χ3n) is 2.56. The van der Waals surface area contributed by atoms with Crippen LogP contribution in [0.5, 0.6) is 0 Å². The molecular formula is C11H18N2S3. The molecule has 1 aliphatic heterocycles. The molecule has 2 heterocycles. The Morgan fingerprint density at radius 3 is 2.94 bits per heavy atom. The summed E-state index contributed by atoms with van der Waals surface area (Å²) in [6.45, 7) is 3.16. The van der Waals surface area contributed by atoms with Crippen molar-refractivity contribution in [2.75, 3.05) is 24.3 Å². The molecule has 0 aliphatic carbocycles. The zero-order valence-corrected chi connectivity index (χ0v) is 12.2. The lowest BCUT2D eigenvalue weighted by atomic mass is 10.3. The molecule has 1 aromatic rings. The SMILES string of the molecule is CCc1nc(C2CSCCS2)sc1CNC. The van der Waals surface area contributed by atoms with Crippen molar-refractivity contribution < 1.29 is 0 Å². The number of thiazole rings is 1. The molecule has 0 amide bonds. The Labute approximate surface area is 110 Å². The Bertz CT molecular complexity index is 332. The van der Waals surface area contributed by atoms with Gasteiger partial charge in [0.05, 0.1) is 10.9 Å². The summed E-state index contributed by atoms with van der Waals surface area (Å²) in [6, 6.07) is 0. The summed E-state index contributed by atoms with van der Waals surface area (Å²) < 4.78 is 0. The monoisotopic (exact) mass is 274 g/mol. The highest BCUT2D eigenvalue weighted by molar-refractivity contribution is 8.06. The smallest absolute Gasteiger partial charge is 0.107 e. The number of thioether (sulfide) groups is 2. The third kappa shape index (κ3) is 2.94. The molecule has 0 saturated carbocycles. The number of aromatic nitrogens is 1. The minimum Gasteiger partial charge on any atom is -0.315 e. The fourth-order valence-corrected chi connectivity index (χ4v) is 5.90. The first kappa shape index (κ1) is 12.7. The zero-order chi connectivity index (χ0) is 11.4. The van der Waals surface area contributed by atoms with E-state index < -0.39 is 0 Å². The van der Waals surface area contributed by atoms with Gasteiger partial charge in [-0.15, -0.1) is 23.1 Å². The Hall–Kier alpha value is 0.290. The van der Waals surface area contributed by atoms with Crippen LogP contribution in [0.2, 0.25) is 0 Å². The van der Waals surface area contributed by atoms with Crippen molar-refractivity contribution >= 4 is 34.9 Å². The van der Waals surface area contributed by atoms with Gasteiger partial charge in [0, 0.05) is 28.7 Å². The number of nitrogens with zero attached hydrogens (tertiary/aromatic N) is 1. The predicted octanol–water partition coefficient (Wildman–Crippen LogP) is 2.95. The van der Waals surface area contributed by atoms with E-state index in [0.717, 1.165) is 13.0 Å². The minimum absolute atomic E-state index is 0.639. The molecule has 2 rings (SSSR count). The first-order valence-electron chi connectivity index (χ1n) is 5.67. The van der Waals surface area contributed by atoms with Crippen molar-refractivity contribution in [2.24, 2.45) is 0 Å². The lowest BCUT2D eigenvalue weighted by molar-refractivity contribution is 0.813. The molecule has 0 bridgehead atoms. The summed E-state index contributed by atoms with van der Waals surface area (Å²) in [7, 11) is 2.00. The van der Waals surface area contributed by atoms with Gasteiger partial charge >= 0.3 is 0 Å². The van der Waals surface area contributed by atoms with Crippen LogP contribution in [0.3, 0.4) is 0 Å². The first-order chi connectivity index (χ1) is 7.85. The van der Waals surface area contributed by atoms with E-state index in [4.69, 9.17) is 4.98 Å². The van der Waals surface area contributed by atoms with Crippen LogP contribution in [-0.2, 0) is 13.0 Å². The molecule has 0 spiro atoms. The van der Waals surface area contributed by atoms with Gasteiger partial charge in [-0.1, -0.05) is 6.92 Å². The Morgan fingerprint density at radius 1 is 1.44 bits per heavy atom. The van der Waals surface area contributed by atoms with Gasteiger partial charge in [-0.25, -0.2) is 4.98 Å². The van der Waals surface area contributed by atoms with E-state index in [2.05, 4.69) is 35.8 Å². The molecule has 1 atom stereocenters. The summed E-state index contributed by atoms with van der Waals surface area (Å²) in [5.41, 5.74) is 1.30. The van der Waals surface area contributed by atoms with Crippen LogP contribution in [0.15, 0.2) is 0 Å². The maximum atomic E-state index is 4.82. The second kappa shape index (κ2) is 6.28. The average molecular weight is 274 g/mol. The van der Waals surface area contributed by atoms with E-state index in [9.17, 15) is 0 Å². The van der Waals surface area contributed by atoms with Crippen LogP contribution in [0.25, 0.3) is 0 Å². The highest BCUT2D eigenvalue weighted by atomic mass is 32.2. The molecule has 16 heavy (non-hydrogen) atoms. The third-order valence-corrected chi connectivity index (χ3v) is 6.68. The molecule has 2 nitrogen and oxygen atoms in total. The zero-order valence-electron chi connectivity index (χ0n) is 9.78. The van der Waals surface area contributed by atoms with Crippen molar-refractivity contribution in [1.29, 1.82) is 0 Å². The van der Waals surface area contributed by atoms with Crippen LogP contribution in [0, 0.1) is 0 Å². The summed E-state index contributed by atoms with van der Waals surface area (Å²) in [6.07, 6.45) is 1.05. The van der Waals surface area contributed by atoms with Gasteiger partial charge in [-0.05, 0) is 13.5 Å². The highest BCUT2D eigenvalue weighted by Gasteiger charge is 2.21. The van der Waals surface area contributed by atoms with Crippen LogP contribution in [-0.4, -0.2) is 29.3 Å². The molecule has 0 aromatic carbocycles. The standard InChI is InChI=1S/C11H18N2S3/c1-3-8-9(6-12-2)16-11(13-8)10-7-14-4-5-15-10/h10,12H,3-7H2,1-2H3. The molecular weight excluding hydrogens is 256 g/mol. The number of rotatable bonds is 4. The maximum Gasteiger partial charge on any atom is 0.107 e.